The molecule has 1 nitrogen and oxygen atoms in total. The van der Waals surface area contributed by atoms with Crippen LogP contribution in [0.4, 0.5) is 0 Å². The Morgan fingerprint density at radius 3 is 2.55 bits per heavy atom. The van der Waals surface area contributed by atoms with Gasteiger partial charge in [-0.3, -0.25) is 0 Å². The molecule has 3 atom stereocenters. The fourth-order valence-corrected chi connectivity index (χ4v) is 1.80. The van der Waals surface area contributed by atoms with Crippen LogP contribution in [0.3, 0.4) is 0 Å². The fraction of sp³-hybridized carbons (Fsp3) is 0.800. The summed E-state index contributed by atoms with van der Waals surface area (Å²) in [6.07, 6.45) is 3.72. The van der Waals surface area contributed by atoms with E-state index in [9.17, 15) is 0 Å². The zero-order valence-electron chi connectivity index (χ0n) is 7.64. The van der Waals surface area contributed by atoms with E-state index in [0.717, 1.165) is 6.42 Å². The molecule has 0 saturated heterocycles. The maximum absolute atomic E-state index is 5.97. The van der Waals surface area contributed by atoms with Gasteiger partial charge in [0.15, 0.2) is 0 Å². The fourth-order valence-electron chi connectivity index (χ4n) is 1.80. The van der Waals surface area contributed by atoms with Crippen molar-refractivity contribution in [1.29, 1.82) is 0 Å². The predicted molar refractivity (Wildman–Crippen MR) is 49.3 cm³/mol. The van der Waals surface area contributed by atoms with Gasteiger partial charge in [0.25, 0.3) is 0 Å². The van der Waals surface area contributed by atoms with E-state index in [-0.39, 0.29) is 0 Å². The summed E-state index contributed by atoms with van der Waals surface area (Å²) in [6, 6.07) is 0.408. The first-order valence-corrected chi connectivity index (χ1v) is 4.52. The standard InChI is InChI=1S/C10H19N/c1-7(2)9-5-4-8(3)10(11)6-9/h8-10H,1,4-6,11H2,2-3H3/t8-,9-,10+/m0/s1. The summed E-state index contributed by atoms with van der Waals surface area (Å²) in [7, 11) is 0. The highest BCUT2D eigenvalue weighted by Gasteiger charge is 2.24. The van der Waals surface area contributed by atoms with Gasteiger partial charge >= 0.3 is 0 Å². The average Bonchev–Trinajstić information content (AvgIpc) is 1.94. The summed E-state index contributed by atoms with van der Waals surface area (Å²) in [5, 5.41) is 0. The Morgan fingerprint density at radius 1 is 1.45 bits per heavy atom. The Morgan fingerprint density at radius 2 is 2.09 bits per heavy atom. The van der Waals surface area contributed by atoms with E-state index in [0.29, 0.717) is 17.9 Å². The first-order chi connectivity index (χ1) is 5.11. The van der Waals surface area contributed by atoms with Crippen LogP contribution in [-0.4, -0.2) is 6.04 Å². The molecule has 0 unspecified atom stereocenters. The smallest absolute Gasteiger partial charge is 0.00702 e. The first kappa shape index (κ1) is 8.79. The predicted octanol–water partition coefficient (Wildman–Crippen LogP) is 2.33. The molecule has 0 spiro atoms. The summed E-state index contributed by atoms with van der Waals surface area (Å²) in [5.74, 6) is 1.41. The molecule has 0 aromatic heterocycles. The Labute approximate surface area is 69.7 Å². The summed E-state index contributed by atoms with van der Waals surface area (Å²) in [4.78, 5) is 0. The SMILES string of the molecule is C=C(C)[C@H]1CC[C@H](C)[C@H](N)C1. The van der Waals surface area contributed by atoms with Gasteiger partial charge in [-0.05, 0) is 38.0 Å². The number of hydrogen-bond donors (Lipinski definition) is 1. The molecule has 64 valence electrons. The van der Waals surface area contributed by atoms with Crippen molar-refractivity contribution in [2.75, 3.05) is 0 Å². The largest absolute Gasteiger partial charge is 0.327 e. The van der Waals surface area contributed by atoms with Crippen molar-refractivity contribution in [1.82, 2.24) is 0 Å². The van der Waals surface area contributed by atoms with Crippen LogP contribution in [0.5, 0.6) is 0 Å². The zero-order chi connectivity index (χ0) is 8.43. The maximum Gasteiger partial charge on any atom is 0.00702 e. The normalized spacial score (nSPS) is 38.6. The molecule has 1 fully saturated rings. The molecule has 0 heterocycles. The second kappa shape index (κ2) is 3.40. The van der Waals surface area contributed by atoms with E-state index in [1.165, 1.54) is 18.4 Å². The van der Waals surface area contributed by atoms with Crippen molar-refractivity contribution < 1.29 is 0 Å². The topological polar surface area (TPSA) is 26.0 Å². The molecule has 0 aromatic carbocycles. The molecule has 1 saturated carbocycles. The minimum absolute atomic E-state index is 0.408. The molecule has 1 aliphatic rings. The lowest BCUT2D eigenvalue weighted by Gasteiger charge is -2.32. The van der Waals surface area contributed by atoms with Crippen LogP contribution in [0.2, 0.25) is 0 Å². The molecule has 0 bridgehead atoms. The highest BCUT2D eigenvalue weighted by molar-refractivity contribution is 5.00. The van der Waals surface area contributed by atoms with Gasteiger partial charge in [-0.25, -0.2) is 0 Å². The molecule has 0 aromatic rings. The van der Waals surface area contributed by atoms with E-state index >= 15 is 0 Å². The molecule has 11 heavy (non-hydrogen) atoms. The van der Waals surface area contributed by atoms with Crippen LogP contribution in [0.25, 0.3) is 0 Å². The molecule has 0 aliphatic heterocycles. The van der Waals surface area contributed by atoms with Crippen molar-refractivity contribution in [2.24, 2.45) is 17.6 Å². The van der Waals surface area contributed by atoms with Crippen LogP contribution in [0.15, 0.2) is 12.2 Å². The quantitative estimate of drug-likeness (QED) is 0.575. The van der Waals surface area contributed by atoms with E-state index < -0.39 is 0 Å². The molecule has 1 heteroatoms. The Kier molecular flexibility index (Phi) is 2.72. The van der Waals surface area contributed by atoms with Gasteiger partial charge < -0.3 is 5.73 Å². The first-order valence-electron chi connectivity index (χ1n) is 4.52. The lowest BCUT2D eigenvalue weighted by molar-refractivity contribution is 0.277. The monoisotopic (exact) mass is 153 g/mol. The number of allylic oxidation sites excluding steroid dienone is 1. The molecule has 0 radical (unpaired) electrons. The summed E-state index contributed by atoms with van der Waals surface area (Å²) in [5.41, 5.74) is 7.28. The second-order valence-corrected chi connectivity index (χ2v) is 4.00. The minimum Gasteiger partial charge on any atom is -0.327 e. The van der Waals surface area contributed by atoms with E-state index in [4.69, 9.17) is 5.73 Å². The van der Waals surface area contributed by atoms with Gasteiger partial charge in [0.1, 0.15) is 0 Å². The Hall–Kier alpha value is -0.300. The molecular weight excluding hydrogens is 134 g/mol. The third-order valence-electron chi connectivity index (χ3n) is 2.95. The van der Waals surface area contributed by atoms with Crippen LogP contribution in [0, 0.1) is 11.8 Å². The molecule has 0 amide bonds. The lowest BCUT2D eigenvalue weighted by atomic mass is 9.77. The van der Waals surface area contributed by atoms with Crippen molar-refractivity contribution >= 4 is 0 Å². The molecule has 1 aliphatic carbocycles. The number of nitrogens with two attached hydrogens (primary N) is 1. The van der Waals surface area contributed by atoms with E-state index in [1.54, 1.807) is 0 Å². The Balaban J connectivity index is 2.46. The highest BCUT2D eigenvalue weighted by atomic mass is 14.7. The van der Waals surface area contributed by atoms with Crippen molar-refractivity contribution in [2.45, 2.75) is 39.2 Å². The second-order valence-electron chi connectivity index (χ2n) is 4.00. The number of hydrogen-bond acceptors (Lipinski definition) is 1. The minimum atomic E-state index is 0.408. The summed E-state index contributed by atoms with van der Waals surface area (Å²) in [6.45, 7) is 8.35. The van der Waals surface area contributed by atoms with Gasteiger partial charge in [0.05, 0.1) is 0 Å². The molecule has 1 rings (SSSR count). The summed E-state index contributed by atoms with van der Waals surface area (Å²) < 4.78 is 0. The van der Waals surface area contributed by atoms with Gasteiger partial charge in [0.2, 0.25) is 0 Å². The van der Waals surface area contributed by atoms with Gasteiger partial charge in [-0.15, -0.1) is 0 Å². The van der Waals surface area contributed by atoms with Crippen LogP contribution < -0.4 is 5.73 Å². The highest BCUT2D eigenvalue weighted by Crippen LogP contribution is 2.31. The Bertz CT molecular complexity index is 151. The lowest BCUT2D eigenvalue weighted by Crippen LogP contribution is -2.35. The number of rotatable bonds is 1. The molecular formula is C10H19N. The third-order valence-corrected chi connectivity index (χ3v) is 2.95. The molecule has 2 N–H and O–H groups in total. The third kappa shape index (κ3) is 2.06. The van der Waals surface area contributed by atoms with Gasteiger partial charge in [-0.1, -0.05) is 19.1 Å². The van der Waals surface area contributed by atoms with Crippen molar-refractivity contribution in [3.63, 3.8) is 0 Å². The van der Waals surface area contributed by atoms with Crippen LogP contribution >= 0.6 is 0 Å². The van der Waals surface area contributed by atoms with Gasteiger partial charge in [0, 0.05) is 6.04 Å². The van der Waals surface area contributed by atoms with E-state index in [1.807, 2.05) is 0 Å². The van der Waals surface area contributed by atoms with Crippen LogP contribution in [0.1, 0.15) is 33.1 Å². The van der Waals surface area contributed by atoms with Crippen LogP contribution in [-0.2, 0) is 0 Å². The summed E-state index contributed by atoms with van der Waals surface area (Å²) >= 11 is 0. The average molecular weight is 153 g/mol. The maximum atomic E-state index is 5.97. The van der Waals surface area contributed by atoms with Crippen molar-refractivity contribution in [3.8, 4) is 0 Å². The van der Waals surface area contributed by atoms with Gasteiger partial charge in [-0.2, -0.15) is 0 Å². The zero-order valence-corrected chi connectivity index (χ0v) is 7.64. The van der Waals surface area contributed by atoms with Crippen molar-refractivity contribution in [3.05, 3.63) is 12.2 Å². The van der Waals surface area contributed by atoms with E-state index in [2.05, 4.69) is 20.4 Å².